The molecule has 0 N–H and O–H groups in total. The molecular formula is C19H21NO. The van der Waals surface area contributed by atoms with Crippen molar-refractivity contribution in [3.05, 3.63) is 70.8 Å². The minimum Gasteiger partial charge on any atom is -0.329 e. The minimum atomic E-state index is 0.132. The van der Waals surface area contributed by atoms with E-state index in [9.17, 15) is 4.79 Å². The normalized spacial score (nSPS) is 18.0. The van der Waals surface area contributed by atoms with Crippen molar-refractivity contribution >= 4 is 5.91 Å². The second kappa shape index (κ2) is 5.36. The molecule has 2 aromatic rings. The number of rotatable bonds is 2. The zero-order valence-electron chi connectivity index (χ0n) is 12.8. The van der Waals surface area contributed by atoms with Crippen LogP contribution in [-0.4, -0.2) is 16.8 Å². The van der Waals surface area contributed by atoms with Gasteiger partial charge in [0, 0.05) is 11.6 Å². The van der Waals surface area contributed by atoms with E-state index in [2.05, 4.69) is 51.1 Å². The third kappa shape index (κ3) is 2.46. The first-order valence-electron chi connectivity index (χ1n) is 7.55. The van der Waals surface area contributed by atoms with Crippen molar-refractivity contribution in [1.82, 2.24) is 4.90 Å². The Morgan fingerprint density at radius 2 is 1.71 bits per heavy atom. The number of amides is 1. The zero-order chi connectivity index (χ0) is 15.0. The van der Waals surface area contributed by atoms with E-state index in [0.29, 0.717) is 0 Å². The van der Waals surface area contributed by atoms with Crippen LogP contribution in [0.3, 0.4) is 0 Å². The van der Waals surface area contributed by atoms with Gasteiger partial charge in [-0.05, 0) is 44.4 Å². The Balaban J connectivity index is 2.07. The van der Waals surface area contributed by atoms with Crippen LogP contribution in [0, 0.1) is 6.92 Å². The summed E-state index contributed by atoms with van der Waals surface area (Å²) < 4.78 is 0. The molecule has 3 rings (SSSR count). The van der Waals surface area contributed by atoms with Gasteiger partial charge in [0.15, 0.2) is 0 Å². The fourth-order valence-corrected chi connectivity index (χ4v) is 3.16. The summed E-state index contributed by atoms with van der Waals surface area (Å²) in [5.41, 5.74) is 4.48. The highest BCUT2D eigenvalue weighted by molar-refractivity contribution is 5.97. The number of hydrogen-bond donors (Lipinski definition) is 0. The third-order valence-electron chi connectivity index (χ3n) is 4.25. The van der Waals surface area contributed by atoms with Crippen LogP contribution in [0.1, 0.15) is 46.9 Å². The zero-order valence-corrected chi connectivity index (χ0v) is 12.8. The van der Waals surface area contributed by atoms with Crippen LogP contribution in [-0.2, 0) is 6.42 Å². The average Bonchev–Trinajstić information content (AvgIpc) is 2.47. The molecule has 1 amide bonds. The van der Waals surface area contributed by atoms with Gasteiger partial charge in [-0.1, -0.05) is 48.0 Å². The van der Waals surface area contributed by atoms with Crippen molar-refractivity contribution in [2.75, 3.05) is 0 Å². The Labute approximate surface area is 126 Å². The predicted molar refractivity (Wildman–Crippen MR) is 85.4 cm³/mol. The maximum atomic E-state index is 12.8. The summed E-state index contributed by atoms with van der Waals surface area (Å²) in [6.45, 7) is 6.27. The summed E-state index contributed by atoms with van der Waals surface area (Å²) in [4.78, 5) is 14.9. The monoisotopic (exact) mass is 279 g/mol. The Hall–Kier alpha value is -2.09. The molecule has 1 aliphatic rings. The first-order chi connectivity index (χ1) is 10.1. The fraction of sp³-hybridized carbons (Fsp3) is 0.316. The van der Waals surface area contributed by atoms with Gasteiger partial charge in [-0.25, -0.2) is 0 Å². The summed E-state index contributed by atoms with van der Waals surface area (Å²) in [6, 6.07) is 16.9. The molecule has 0 spiro atoms. The molecule has 108 valence electrons. The Morgan fingerprint density at radius 3 is 2.38 bits per heavy atom. The van der Waals surface area contributed by atoms with Gasteiger partial charge in [0.05, 0.1) is 6.04 Å². The molecule has 2 aromatic carbocycles. The third-order valence-corrected chi connectivity index (χ3v) is 4.25. The number of carbonyl (C=O) groups excluding carboxylic acids is 1. The van der Waals surface area contributed by atoms with Crippen molar-refractivity contribution in [3.8, 4) is 0 Å². The lowest BCUT2D eigenvalue weighted by molar-refractivity contribution is 0.0574. The molecule has 21 heavy (non-hydrogen) atoms. The van der Waals surface area contributed by atoms with Crippen LogP contribution in [0.25, 0.3) is 0 Å². The van der Waals surface area contributed by atoms with Gasteiger partial charge in [-0.15, -0.1) is 0 Å². The molecule has 0 bridgehead atoms. The van der Waals surface area contributed by atoms with Crippen LogP contribution in [0.4, 0.5) is 0 Å². The number of benzene rings is 2. The lowest BCUT2D eigenvalue weighted by Crippen LogP contribution is -2.44. The number of aryl methyl sites for hydroxylation is 1. The van der Waals surface area contributed by atoms with Crippen LogP contribution in [0.2, 0.25) is 0 Å². The number of nitrogens with zero attached hydrogens (tertiary/aromatic N) is 1. The highest BCUT2D eigenvalue weighted by atomic mass is 16.2. The maximum Gasteiger partial charge on any atom is 0.254 e. The lowest BCUT2D eigenvalue weighted by atomic mass is 9.88. The molecular weight excluding hydrogens is 258 g/mol. The van der Waals surface area contributed by atoms with E-state index in [1.165, 1.54) is 11.1 Å². The van der Waals surface area contributed by atoms with Gasteiger partial charge in [-0.2, -0.15) is 0 Å². The largest absolute Gasteiger partial charge is 0.329 e. The van der Waals surface area contributed by atoms with Crippen molar-refractivity contribution in [2.45, 2.75) is 39.3 Å². The average molecular weight is 279 g/mol. The molecule has 0 fully saturated rings. The Morgan fingerprint density at radius 1 is 1.05 bits per heavy atom. The Bertz CT molecular complexity index is 658. The second-order valence-corrected chi connectivity index (χ2v) is 6.09. The van der Waals surface area contributed by atoms with E-state index in [-0.39, 0.29) is 18.0 Å². The summed E-state index contributed by atoms with van der Waals surface area (Å²) in [6.07, 6.45) is 0.892. The molecule has 2 nitrogen and oxygen atoms in total. The van der Waals surface area contributed by atoms with E-state index >= 15 is 0 Å². The second-order valence-electron chi connectivity index (χ2n) is 6.09. The van der Waals surface area contributed by atoms with Gasteiger partial charge in [-0.3, -0.25) is 4.79 Å². The molecule has 0 aromatic heterocycles. The van der Waals surface area contributed by atoms with Crippen molar-refractivity contribution in [3.63, 3.8) is 0 Å². The molecule has 1 unspecified atom stereocenters. The van der Waals surface area contributed by atoms with Gasteiger partial charge in [0.1, 0.15) is 0 Å². The molecule has 0 aliphatic carbocycles. The van der Waals surface area contributed by atoms with Crippen LogP contribution < -0.4 is 0 Å². The van der Waals surface area contributed by atoms with Crippen LogP contribution in [0.5, 0.6) is 0 Å². The smallest absolute Gasteiger partial charge is 0.254 e. The van der Waals surface area contributed by atoms with Crippen LogP contribution >= 0.6 is 0 Å². The summed E-state index contributed by atoms with van der Waals surface area (Å²) in [5.74, 6) is 0.150. The van der Waals surface area contributed by atoms with Crippen molar-refractivity contribution in [2.24, 2.45) is 0 Å². The number of carbonyl (C=O) groups is 1. The molecule has 0 saturated heterocycles. The summed E-state index contributed by atoms with van der Waals surface area (Å²) in [5, 5.41) is 0. The topological polar surface area (TPSA) is 20.3 Å². The van der Waals surface area contributed by atoms with E-state index in [1.54, 1.807) is 0 Å². The highest BCUT2D eigenvalue weighted by Gasteiger charge is 2.34. The predicted octanol–water partition coefficient (Wildman–Crippen LogP) is 4.14. The molecule has 0 radical (unpaired) electrons. The molecule has 1 atom stereocenters. The van der Waals surface area contributed by atoms with Gasteiger partial charge in [0.2, 0.25) is 0 Å². The van der Waals surface area contributed by atoms with E-state index in [1.807, 2.05) is 23.1 Å². The van der Waals surface area contributed by atoms with Crippen molar-refractivity contribution in [1.29, 1.82) is 0 Å². The van der Waals surface area contributed by atoms with Gasteiger partial charge in [0.25, 0.3) is 5.91 Å². The minimum absolute atomic E-state index is 0.132. The number of fused-ring (bicyclic) bond motifs is 1. The quantitative estimate of drug-likeness (QED) is 0.809. The van der Waals surface area contributed by atoms with Gasteiger partial charge >= 0.3 is 0 Å². The maximum absolute atomic E-state index is 12.8. The van der Waals surface area contributed by atoms with E-state index < -0.39 is 0 Å². The molecule has 1 heterocycles. The van der Waals surface area contributed by atoms with E-state index in [4.69, 9.17) is 0 Å². The first kappa shape index (κ1) is 13.9. The summed E-state index contributed by atoms with van der Waals surface area (Å²) in [7, 11) is 0. The summed E-state index contributed by atoms with van der Waals surface area (Å²) >= 11 is 0. The van der Waals surface area contributed by atoms with Crippen molar-refractivity contribution < 1.29 is 4.79 Å². The SMILES string of the molecule is Cc1ccc(C2Cc3ccccc3C(=O)N2C(C)C)cc1. The Kier molecular flexibility index (Phi) is 3.54. The molecule has 0 saturated carbocycles. The lowest BCUT2D eigenvalue weighted by Gasteiger charge is -2.39. The first-order valence-corrected chi connectivity index (χ1v) is 7.55. The molecule has 2 heteroatoms. The van der Waals surface area contributed by atoms with Crippen LogP contribution in [0.15, 0.2) is 48.5 Å². The highest BCUT2D eigenvalue weighted by Crippen LogP contribution is 2.34. The standard InChI is InChI=1S/C19H21NO/c1-13(2)20-18(15-10-8-14(3)9-11-15)12-16-6-4-5-7-17(16)19(20)21/h4-11,13,18H,12H2,1-3H3. The van der Waals surface area contributed by atoms with E-state index in [0.717, 1.165) is 17.5 Å². The number of hydrogen-bond acceptors (Lipinski definition) is 1. The molecule has 1 aliphatic heterocycles. The fourth-order valence-electron chi connectivity index (χ4n) is 3.16. The van der Waals surface area contributed by atoms with Gasteiger partial charge < -0.3 is 4.90 Å².